The SMILES string of the molecule is COc1ccc(C(=O)C(C)NCCc2ccccc2)cc1. The molecule has 0 aromatic heterocycles. The molecule has 0 bridgehead atoms. The number of hydrogen-bond acceptors (Lipinski definition) is 3. The molecule has 0 fully saturated rings. The third kappa shape index (κ3) is 4.43. The Bertz CT molecular complexity index is 564. The summed E-state index contributed by atoms with van der Waals surface area (Å²) in [5.41, 5.74) is 1.98. The lowest BCUT2D eigenvalue weighted by atomic mass is 10.0. The van der Waals surface area contributed by atoms with E-state index in [1.54, 1.807) is 19.2 Å². The van der Waals surface area contributed by atoms with Gasteiger partial charge in [0.15, 0.2) is 5.78 Å². The molecule has 0 aliphatic heterocycles. The maximum absolute atomic E-state index is 12.3. The third-order valence-electron chi connectivity index (χ3n) is 3.47. The summed E-state index contributed by atoms with van der Waals surface area (Å²) in [4.78, 5) is 12.3. The smallest absolute Gasteiger partial charge is 0.179 e. The molecule has 2 aromatic carbocycles. The monoisotopic (exact) mass is 283 g/mol. The van der Waals surface area contributed by atoms with Crippen LogP contribution in [0.1, 0.15) is 22.8 Å². The van der Waals surface area contributed by atoms with Crippen LogP contribution < -0.4 is 10.1 Å². The molecule has 110 valence electrons. The average molecular weight is 283 g/mol. The van der Waals surface area contributed by atoms with Crippen molar-refractivity contribution in [3.05, 3.63) is 65.7 Å². The van der Waals surface area contributed by atoms with Crippen molar-refractivity contribution in [2.45, 2.75) is 19.4 Å². The van der Waals surface area contributed by atoms with E-state index in [4.69, 9.17) is 4.74 Å². The highest BCUT2D eigenvalue weighted by Crippen LogP contribution is 2.12. The van der Waals surface area contributed by atoms with Gasteiger partial charge in [0.1, 0.15) is 5.75 Å². The van der Waals surface area contributed by atoms with Crippen LogP contribution in [0, 0.1) is 0 Å². The molecule has 0 saturated carbocycles. The molecular formula is C18H21NO2. The Balaban J connectivity index is 1.84. The van der Waals surface area contributed by atoms with Gasteiger partial charge in [-0.3, -0.25) is 4.79 Å². The van der Waals surface area contributed by atoms with E-state index in [1.165, 1.54) is 5.56 Å². The van der Waals surface area contributed by atoms with Gasteiger partial charge in [-0.05, 0) is 49.7 Å². The van der Waals surface area contributed by atoms with Gasteiger partial charge in [0, 0.05) is 5.56 Å². The number of ketones is 1. The van der Waals surface area contributed by atoms with Gasteiger partial charge in [0.05, 0.1) is 13.2 Å². The second-order valence-electron chi connectivity index (χ2n) is 5.00. The lowest BCUT2D eigenvalue weighted by Crippen LogP contribution is -2.35. The van der Waals surface area contributed by atoms with Crippen molar-refractivity contribution in [1.29, 1.82) is 0 Å². The van der Waals surface area contributed by atoms with Crippen LogP contribution in [0.25, 0.3) is 0 Å². The number of methoxy groups -OCH3 is 1. The standard InChI is InChI=1S/C18H21NO2/c1-14(19-13-12-15-6-4-3-5-7-15)18(20)16-8-10-17(21-2)11-9-16/h3-11,14,19H,12-13H2,1-2H3. The van der Waals surface area contributed by atoms with E-state index in [2.05, 4.69) is 17.4 Å². The van der Waals surface area contributed by atoms with Gasteiger partial charge < -0.3 is 10.1 Å². The van der Waals surface area contributed by atoms with E-state index in [1.807, 2.05) is 37.3 Å². The van der Waals surface area contributed by atoms with Crippen LogP contribution in [0.4, 0.5) is 0 Å². The highest BCUT2D eigenvalue weighted by atomic mass is 16.5. The van der Waals surface area contributed by atoms with Crippen LogP contribution in [0.3, 0.4) is 0 Å². The summed E-state index contributed by atoms with van der Waals surface area (Å²) in [7, 11) is 1.62. The highest BCUT2D eigenvalue weighted by molar-refractivity contribution is 5.99. The Morgan fingerprint density at radius 2 is 1.76 bits per heavy atom. The summed E-state index contributed by atoms with van der Waals surface area (Å²) in [5.74, 6) is 0.863. The van der Waals surface area contributed by atoms with Crippen LogP contribution in [0.15, 0.2) is 54.6 Å². The molecule has 3 nitrogen and oxygen atoms in total. The molecule has 21 heavy (non-hydrogen) atoms. The molecule has 0 saturated heterocycles. The van der Waals surface area contributed by atoms with Crippen LogP contribution in [0.5, 0.6) is 5.75 Å². The summed E-state index contributed by atoms with van der Waals surface area (Å²) >= 11 is 0. The minimum absolute atomic E-state index is 0.103. The van der Waals surface area contributed by atoms with Gasteiger partial charge in [0.25, 0.3) is 0 Å². The molecule has 0 aliphatic rings. The Morgan fingerprint density at radius 1 is 1.10 bits per heavy atom. The van der Waals surface area contributed by atoms with E-state index < -0.39 is 0 Å². The number of hydrogen-bond donors (Lipinski definition) is 1. The van der Waals surface area contributed by atoms with E-state index >= 15 is 0 Å². The quantitative estimate of drug-likeness (QED) is 0.794. The number of Topliss-reactive ketones (excluding diaryl/α,β-unsaturated/α-hetero) is 1. The Hall–Kier alpha value is -2.13. The second-order valence-corrected chi connectivity index (χ2v) is 5.00. The van der Waals surface area contributed by atoms with E-state index in [-0.39, 0.29) is 11.8 Å². The number of rotatable bonds is 7. The molecule has 3 heteroatoms. The first-order valence-corrected chi connectivity index (χ1v) is 7.16. The lowest BCUT2D eigenvalue weighted by Gasteiger charge is -2.13. The zero-order valence-electron chi connectivity index (χ0n) is 12.5. The third-order valence-corrected chi connectivity index (χ3v) is 3.47. The summed E-state index contributed by atoms with van der Waals surface area (Å²) in [5, 5.41) is 3.28. The van der Waals surface area contributed by atoms with Gasteiger partial charge in [-0.15, -0.1) is 0 Å². The minimum Gasteiger partial charge on any atom is -0.497 e. The Morgan fingerprint density at radius 3 is 2.38 bits per heavy atom. The van der Waals surface area contributed by atoms with Crippen molar-refractivity contribution < 1.29 is 9.53 Å². The number of nitrogens with one attached hydrogen (secondary N) is 1. The predicted octanol–water partition coefficient (Wildman–Crippen LogP) is 3.10. The molecule has 0 amide bonds. The van der Waals surface area contributed by atoms with Crippen molar-refractivity contribution in [1.82, 2.24) is 5.32 Å². The fourth-order valence-corrected chi connectivity index (χ4v) is 2.18. The van der Waals surface area contributed by atoms with Crippen molar-refractivity contribution in [3.63, 3.8) is 0 Å². The fraction of sp³-hybridized carbons (Fsp3) is 0.278. The van der Waals surface area contributed by atoms with E-state index in [0.717, 1.165) is 18.7 Å². The van der Waals surface area contributed by atoms with Gasteiger partial charge in [-0.25, -0.2) is 0 Å². The van der Waals surface area contributed by atoms with Gasteiger partial charge in [0.2, 0.25) is 0 Å². The number of ether oxygens (including phenoxy) is 1. The molecule has 2 aromatic rings. The summed E-state index contributed by atoms with van der Waals surface area (Å²) in [6.45, 7) is 2.69. The second kappa shape index (κ2) is 7.60. The summed E-state index contributed by atoms with van der Waals surface area (Å²) in [6, 6.07) is 17.3. The van der Waals surface area contributed by atoms with Crippen LogP contribution in [-0.2, 0) is 6.42 Å². The first kappa shape index (κ1) is 15.3. The number of carbonyl (C=O) groups is 1. The number of benzene rings is 2. The molecule has 0 spiro atoms. The molecule has 1 N–H and O–H groups in total. The molecule has 1 atom stereocenters. The fourth-order valence-electron chi connectivity index (χ4n) is 2.18. The Labute approximate surface area is 126 Å². The Kier molecular flexibility index (Phi) is 5.52. The van der Waals surface area contributed by atoms with Crippen molar-refractivity contribution in [2.24, 2.45) is 0 Å². The van der Waals surface area contributed by atoms with Gasteiger partial charge in [-0.1, -0.05) is 30.3 Å². The van der Waals surface area contributed by atoms with Crippen LogP contribution in [0.2, 0.25) is 0 Å². The lowest BCUT2D eigenvalue weighted by molar-refractivity contribution is 0.0951. The minimum atomic E-state index is -0.192. The molecule has 2 rings (SSSR count). The maximum Gasteiger partial charge on any atom is 0.179 e. The molecule has 1 unspecified atom stereocenters. The van der Waals surface area contributed by atoms with Crippen molar-refractivity contribution in [2.75, 3.05) is 13.7 Å². The van der Waals surface area contributed by atoms with Crippen LogP contribution >= 0.6 is 0 Å². The van der Waals surface area contributed by atoms with Crippen molar-refractivity contribution in [3.8, 4) is 5.75 Å². The molecule has 0 radical (unpaired) electrons. The van der Waals surface area contributed by atoms with E-state index in [9.17, 15) is 4.79 Å². The van der Waals surface area contributed by atoms with E-state index in [0.29, 0.717) is 5.56 Å². The molecule has 0 heterocycles. The molecular weight excluding hydrogens is 262 g/mol. The zero-order chi connectivity index (χ0) is 15.1. The predicted molar refractivity (Wildman–Crippen MR) is 84.9 cm³/mol. The van der Waals surface area contributed by atoms with Gasteiger partial charge in [-0.2, -0.15) is 0 Å². The topological polar surface area (TPSA) is 38.3 Å². The first-order chi connectivity index (χ1) is 10.2. The average Bonchev–Trinajstić information content (AvgIpc) is 2.55. The normalized spacial score (nSPS) is 11.9. The summed E-state index contributed by atoms with van der Waals surface area (Å²) < 4.78 is 5.10. The highest BCUT2D eigenvalue weighted by Gasteiger charge is 2.14. The van der Waals surface area contributed by atoms with Crippen molar-refractivity contribution >= 4 is 5.78 Å². The zero-order valence-corrected chi connectivity index (χ0v) is 12.5. The number of carbonyl (C=O) groups excluding carboxylic acids is 1. The summed E-state index contributed by atoms with van der Waals surface area (Å²) in [6.07, 6.45) is 0.918. The molecule has 0 aliphatic carbocycles. The van der Waals surface area contributed by atoms with Gasteiger partial charge >= 0.3 is 0 Å². The van der Waals surface area contributed by atoms with Crippen LogP contribution in [-0.4, -0.2) is 25.5 Å². The largest absolute Gasteiger partial charge is 0.497 e. The maximum atomic E-state index is 12.3. The first-order valence-electron chi connectivity index (χ1n) is 7.16.